The number of carbonyl (C=O) groups excluding carboxylic acids is 1. The van der Waals surface area contributed by atoms with Gasteiger partial charge in [0, 0.05) is 6.08 Å². The van der Waals surface area contributed by atoms with Crippen molar-refractivity contribution in [2.75, 3.05) is 7.11 Å². The van der Waals surface area contributed by atoms with Crippen LogP contribution in [-0.2, 0) is 9.53 Å². The van der Waals surface area contributed by atoms with E-state index in [-0.39, 0.29) is 11.6 Å². The van der Waals surface area contributed by atoms with Gasteiger partial charge in [0.2, 0.25) is 5.90 Å². The number of methoxy groups -OCH3 is 1. The number of cyclic esters (lactones) is 1. The molecule has 6 heteroatoms. The molecular formula is C19H13Cl2NO3. The number of halogens is 2. The Morgan fingerprint density at radius 3 is 2.56 bits per heavy atom. The van der Waals surface area contributed by atoms with Crippen molar-refractivity contribution in [3.05, 3.63) is 75.4 Å². The molecule has 0 fully saturated rings. The maximum absolute atomic E-state index is 11.9. The molecule has 1 aliphatic rings. The van der Waals surface area contributed by atoms with Crippen molar-refractivity contribution < 1.29 is 14.3 Å². The molecule has 0 radical (unpaired) electrons. The van der Waals surface area contributed by atoms with Gasteiger partial charge in [0.1, 0.15) is 5.75 Å². The maximum Gasteiger partial charge on any atom is 0.363 e. The van der Waals surface area contributed by atoms with E-state index in [1.807, 2.05) is 24.3 Å². The van der Waals surface area contributed by atoms with Crippen molar-refractivity contribution in [1.82, 2.24) is 0 Å². The highest BCUT2D eigenvalue weighted by molar-refractivity contribution is 6.43. The summed E-state index contributed by atoms with van der Waals surface area (Å²) in [6.07, 6.45) is 4.96. The molecule has 0 saturated heterocycles. The van der Waals surface area contributed by atoms with Gasteiger partial charge in [-0.2, -0.15) is 0 Å². The normalized spacial score (nSPS) is 15.6. The van der Waals surface area contributed by atoms with Crippen molar-refractivity contribution >= 4 is 47.2 Å². The number of hydrogen-bond donors (Lipinski definition) is 0. The largest absolute Gasteiger partial charge is 0.497 e. The minimum absolute atomic E-state index is 0.165. The second-order valence-electron chi connectivity index (χ2n) is 5.12. The third-order valence-corrected chi connectivity index (χ3v) is 4.28. The molecule has 0 amide bonds. The first-order valence-electron chi connectivity index (χ1n) is 7.35. The molecule has 0 saturated carbocycles. The summed E-state index contributed by atoms with van der Waals surface area (Å²) in [5.74, 6) is 0.445. The van der Waals surface area contributed by atoms with E-state index < -0.39 is 5.97 Å². The quantitative estimate of drug-likeness (QED) is 0.558. The first-order chi connectivity index (χ1) is 12.1. The van der Waals surface area contributed by atoms with Gasteiger partial charge in [-0.25, -0.2) is 9.79 Å². The Kier molecular flexibility index (Phi) is 5.22. The summed E-state index contributed by atoms with van der Waals surface area (Å²) in [4.78, 5) is 16.1. The van der Waals surface area contributed by atoms with Gasteiger partial charge in [0.15, 0.2) is 5.70 Å². The molecule has 0 unspecified atom stereocenters. The van der Waals surface area contributed by atoms with E-state index in [1.165, 1.54) is 0 Å². The van der Waals surface area contributed by atoms with Gasteiger partial charge in [-0.3, -0.25) is 0 Å². The van der Waals surface area contributed by atoms with Crippen LogP contribution in [0.4, 0.5) is 0 Å². The van der Waals surface area contributed by atoms with Crippen molar-refractivity contribution in [2.24, 2.45) is 4.99 Å². The monoisotopic (exact) mass is 373 g/mol. The first kappa shape index (κ1) is 17.3. The van der Waals surface area contributed by atoms with E-state index in [9.17, 15) is 4.79 Å². The minimum atomic E-state index is -0.537. The fraction of sp³-hybridized carbons (Fsp3) is 0.0526. The van der Waals surface area contributed by atoms with Crippen LogP contribution >= 0.6 is 23.2 Å². The number of nitrogens with zero attached hydrogens (tertiary/aromatic N) is 1. The minimum Gasteiger partial charge on any atom is -0.497 e. The molecule has 0 aliphatic carbocycles. The molecule has 2 aromatic rings. The molecule has 126 valence electrons. The van der Waals surface area contributed by atoms with E-state index in [0.717, 1.165) is 11.3 Å². The molecule has 25 heavy (non-hydrogen) atoms. The molecular weight excluding hydrogens is 361 g/mol. The molecule has 0 bridgehead atoms. The molecule has 4 nitrogen and oxygen atoms in total. The van der Waals surface area contributed by atoms with E-state index >= 15 is 0 Å². The number of hydrogen-bond acceptors (Lipinski definition) is 4. The molecule has 0 spiro atoms. The Balaban J connectivity index is 1.81. The SMILES string of the molecule is COc1ccc(C=CC2=NC(=Cc3cccc(Cl)c3Cl)C(=O)O2)cc1. The lowest BCUT2D eigenvalue weighted by Crippen LogP contribution is -2.01. The summed E-state index contributed by atoms with van der Waals surface area (Å²) in [5.41, 5.74) is 1.69. The van der Waals surface area contributed by atoms with Crippen LogP contribution < -0.4 is 4.74 Å². The zero-order valence-corrected chi connectivity index (χ0v) is 14.7. The van der Waals surface area contributed by atoms with Crippen molar-refractivity contribution in [1.29, 1.82) is 0 Å². The summed E-state index contributed by atoms with van der Waals surface area (Å²) in [6, 6.07) is 12.6. The smallest absolute Gasteiger partial charge is 0.363 e. The van der Waals surface area contributed by atoms with Crippen LogP contribution in [0.1, 0.15) is 11.1 Å². The average Bonchev–Trinajstić information content (AvgIpc) is 2.97. The standard InChI is InChI=1S/C19H13Cl2NO3/c1-24-14-8-5-12(6-9-14)7-10-17-22-16(19(23)25-17)11-13-3-2-4-15(20)18(13)21/h2-11H,1H3. The predicted octanol–water partition coefficient (Wildman–Crippen LogP) is 5.01. The third kappa shape index (κ3) is 4.10. The summed E-state index contributed by atoms with van der Waals surface area (Å²) in [7, 11) is 1.61. The fourth-order valence-corrected chi connectivity index (χ4v) is 2.52. The zero-order chi connectivity index (χ0) is 17.8. The van der Waals surface area contributed by atoms with Crippen LogP contribution in [0.2, 0.25) is 10.0 Å². The van der Waals surface area contributed by atoms with Gasteiger partial charge in [-0.1, -0.05) is 47.5 Å². The van der Waals surface area contributed by atoms with Crippen LogP contribution in [0.5, 0.6) is 5.75 Å². The molecule has 2 aromatic carbocycles. The molecule has 0 aromatic heterocycles. The number of carbonyl (C=O) groups is 1. The van der Waals surface area contributed by atoms with Gasteiger partial charge in [0.05, 0.1) is 17.2 Å². The van der Waals surface area contributed by atoms with Gasteiger partial charge < -0.3 is 9.47 Å². The van der Waals surface area contributed by atoms with E-state index in [0.29, 0.717) is 15.6 Å². The Hall–Kier alpha value is -2.56. The lowest BCUT2D eigenvalue weighted by molar-refractivity contribution is -0.129. The summed E-state index contributed by atoms with van der Waals surface area (Å²) >= 11 is 12.1. The van der Waals surface area contributed by atoms with E-state index in [1.54, 1.807) is 43.5 Å². The van der Waals surface area contributed by atoms with Crippen LogP contribution in [0.25, 0.3) is 12.2 Å². The summed E-state index contributed by atoms with van der Waals surface area (Å²) in [6.45, 7) is 0. The lowest BCUT2D eigenvalue weighted by Gasteiger charge is -1.99. The summed E-state index contributed by atoms with van der Waals surface area (Å²) < 4.78 is 10.2. The highest BCUT2D eigenvalue weighted by Crippen LogP contribution is 2.28. The molecule has 1 aliphatic heterocycles. The predicted molar refractivity (Wildman–Crippen MR) is 100.0 cm³/mol. The Bertz CT molecular complexity index is 899. The Morgan fingerprint density at radius 1 is 1.08 bits per heavy atom. The maximum atomic E-state index is 11.9. The van der Waals surface area contributed by atoms with Gasteiger partial charge in [0.25, 0.3) is 0 Å². The van der Waals surface area contributed by atoms with Gasteiger partial charge in [-0.05, 0) is 41.5 Å². The van der Waals surface area contributed by atoms with Crippen LogP contribution in [0, 0.1) is 0 Å². The topological polar surface area (TPSA) is 47.9 Å². The van der Waals surface area contributed by atoms with Gasteiger partial charge in [-0.15, -0.1) is 0 Å². The number of rotatable bonds is 4. The Labute approximate surface area is 155 Å². The van der Waals surface area contributed by atoms with E-state index in [4.69, 9.17) is 32.7 Å². The fourth-order valence-electron chi connectivity index (χ4n) is 2.16. The third-order valence-electron chi connectivity index (χ3n) is 3.44. The first-order valence-corrected chi connectivity index (χ1v) is 8.11. The zero-order valence-electron chi connectivity index (χ0n) is 13.2. The second-order valence-corrected chi connectivity index (χ2v) is 5.90. The number of ether oxygens (including phenoxy) is 2. The molecule has 3 rings (SSSR count). The van der Waals surface area contributed by atoms with Gasteiger partial charge >= 0.3 is 5.97 Å². The van der Waals surface area contributed by atoms with Crippen molar-refractivity contribution in [2.45, 2.75) is 0 Å². The van der Waals surface area contributed by atoms with E-state index in [2.05, 4.69) is 4.99 Å². The Morgan fingerprint density at radius 2 is 1.84 bits per heavy atom. The number of benzene rings is 2. The number of esters is 1. The second kappa shape index (κ2) is 7.55. The molecule has 0 atom stereocenters. The summed E-state index contributed by atoms with van der Waals surface area (Å²) in [5, 5.41) is 0.771. The van der Waals surface area contributed by atoms with Crippen molar-refractivity contribution in [3.8, 4) is 5.75 Å². The lowest BCUT2D eigenvalue weighted by atomic mass is 10.2. The van der Waals surface area contributed by atoms with Crippen LogP contribution in [-0.4, -0.2) is 19.0 Å². The number of aliphatic imine (C=N–C) groups is 1. The highest BCUT2D eigenvalue weighted by Gasteiger charge is 2.21. The van der Waals surface area contributed by atoms with Crippen molar-refractivity contribution in [3.63, 3.8) is 0 Å². The molecule has 1 heterocycles. The average molecular weight is 374 g/mol. The highest BCUT2D eigenvalue weighted by atomic mass is 35.5. The van der Waals surface area contributed by atoms with Crippen LogP contribution in [0.15, 0.2) is 59.2 Å². The van der Waals surface area contributed by atoms with Crippen LogP contribution in [0.3, 0.4) is 0 Å². The molecule has 0 N–H and O–H groups in total.